The number of benzene rings is 1. The van der Waals surface area contributed by atoms with Crippen molar-refractivity contribution in [2.24, 2.45) is 5.92 Å². The topological polar surface area (TPSA) is 32.8 Å². The van der Waals surface area contributed by atoms with Crippen LogP contribution in [0.1, 0.15) is 37.7 Å². The molecule has 1 aromatic rings. The van der Waals surface area contributed by atoms with E-state index < -0.39 is 0 Å². The largest absolute Gasteiger partial charge is 0.368 e. The smallest absolute Gasteiger partial charge is 0.251 e. The highest BCUT2D eigenvalue weighted by Gasteiger charge is 2.27. The number of hydrogen-bond acceptors (Lipinski definition) is 3. The van der Waals surface area contributed by atoms with Gasteiger partial charge in [-0.15, -0.1) is 0 Å². The van der Waals surface area contributed by atoms with Crippen LogP contribution in [0.25, 0.3) is 0 Å². The number of carbonyl (C=O) groups is 1. The number of likely N-dealkylation sites (N-methyl/N-ethyl adjacent to an activating group) is 1. The number of likely N-dealkylation sites (tertiary alicyclic amines) is 1. The number of amides is 1. The maximum atomic E-state index is 12.5. The van der Waals surface area contributed by atoms with Crippen molar-refractivity contribution in [1.29, 1.82) is 0 Å². The van der Waals surface area contributed by atoms with Gasteiger partial charge in [-0.1, -0.05) is 23.7 Å². The zero-order valence-electron chi connectivity index (χ0n) is 15.8. The van der Waals surface area contributed by atoms with E-state index in [0.29, 0.717) is 5.92 Å². The van der Waals surface area contributed by atoms with Gasteiger partial charge >= 0.3 is 0 Å². The maximum Gasteiger partial charge on any atom is 0.251 e. The highest BCUT2D eigenvalue weighted by atomic mass is 35.5. The predicted molar refractivity (Wildman–Crippen MR) is 106 cm³/mol. The fourth-order valence-corrected chi connectivity index (χ4v) is 4.12. The van der Waals surface area contributed by atoms with Gasteiger partial charge < -0.3 is 14.5 Å². The van der Waals surface area contributed by atoms with Gasteiger partial charge in [-0.25, -0.2) is 0 Å². The molecule has 0 unspecified atom stereocenters. The van der Waals surface area contributed by atoms with E-state index in [1.165, 1.54) is 18.4 Å². The Morgan fingerprint density at radius 3 is 2.58 bits per heavy atom. The molecule has 0 spiro atoms. The van der Waals surface area contributed by atoms with Crippen molar-refractivity contribution in [2.45, 2.75) is 44.6 Å². The first-order valence-electron chi connectivity index (χ1n) is 9.95. The van der Waals surface area contributed by atoms with Crippen LogP contribution in [0.3, 0.4) is 0 Å². The van der Waals surface area contributed by atoms with Gasteiger partial charge in [0, 0.05) is 31.8 Å². The summed E-state index contributed by atoms with van der Waals surface area (Å²) in [5.41, 5.74) is 1.34. The molecule has 0 aliphatic carbocycles. The third-order valence-electron chi connectivity index (χ3n) is 5.70. The lowest BCUT2D eigenvalue weighted by Gasteiger charge is -2.35. The molecule has 144 valence electrons. The van der Waals surface area contributed by atoms with Crippen LogP contribution in [-0.4, -0.2) is 61.6 Å². The van der Waals surface area contributed by atoms with Crippen LogP contribution >= 0.6 is 11.6 Å². The molecule has 2 aliphatic heterocycles. The molecule has 26 heavy (non-hydrogen) atoms. The molecule has 5 heteroatoms. The van der Waals surface area contributed by atoms with Crippen LogP contribution in [0.5, 0.6) is 0 Å². The zero-order chi connectivity index (χ0) is 18.4. The lowest BCUT2D eigenvalue weighted by molar-refractivity contribution is -0.145. The van der Waals surface area contributed by atoms with Gasteiger partial charge in [0.2, 0.25) is 0 Å². The first kappa shape index (κ1) is 19.7. The van der Waals surface area contributed by atoms with Gasteiger partial charge in [0.05, 0.1) is 0 Å². The third-order valence-corrected chi connectivity index (χ3v) is 5.95. The van der Waals surface area contributed by atoms with Gasteiger partial charge in [-0.05, 0) is 75.2 Å². The standard InChI is InChI=1S/C21H31ClN2O2/c1-23(21(25)20-4-2-3-15-26-20)16-18-10-13-24(14-11-18)12-9-17-5-7-19(22)8-6-17/h5-8,18,20H,2-4,9-16H2,1H3/t20-/m1/s1. The lowest BCUT2D eigenvalue weighted by atomic mass is 9.95. The van der Waals surface area contributed by atoms with Crippen LogP contribution in [-0.2, 0) is 16.0 Å². The van der Waals surface area contributed by atoms with Crippen LogP contribution in [0.15, 0.2) is 24.3 Å². The monoisotopic (exact) mass is 378 g/mol. The molecule has 1 atom stereocenters. The highest BCUT2D eigenvalue weighted by molar-refractivity contribution is 6.30. The van der Waals surface area contributed by atoms with Crippen molar-refractivity contribution >= 4 is 17.5 Å². The fraction of sp³-hybridized carbons (Fsp3) is 0.667. The maximum absolute atomic E-state index is 12.5. The van der Waals surface area contributed by atoms with E-state index >= 15 is 0 Å². The molecular weight excluding hydrogens is 348 g/mol. The predicted octanol–water partition coefficient (Wildman–Crippen LogP) is 3.62. The number of rotatable bonds is 6. The number of halogens is 1. The average Bonchev–Trinajstić information content (AvgIpc) is 2.68. The second-order valence-electron chi connectivity index (χ2n) is 7.74. The Morgan fingerprint density at radius 1 is 1.19 bits per heavy atom. The molecule has 1 aromatic carbocycles. The molecule has 2 aliphatic rings. The summed E-state index contributed by atoms with van der Waals surface area (Å²) >= 11 is 5.94. The number of carbonyl (C=O) groups excluding carboxylic acids is 1. The molecule has 3 rings (SSSR count). The lowest BCUT2D eigenvalue weighted by Crippen LogP contribution is -2.44. The molecule has 0 N–H and O–H groups in total. The third kappa shape index (κ3) is 5.70. The fourth-order valence-electron chi connectivity index (χ4n) is 3.99. The SMILES string of the molecule is CN(CC1CCN(CCc2ccc(Cl)cc2)CC1)C(=O)[C@H]1CCCCO1. The molecule has 2 heterocycles. The van der Waals surface area contributed by atoms with Crippen molar-refractivity contribution in [1.82, 2.24) is 9.80 Å². The number of hydrogen-bond donors (Lipinski definition) is 0. The van der Waals surface area contributed by atoms with E-state index in [4.69, 9.17) is 16.3 Å². The quantitative estimate of drug-likeness (QED) is 0.757. The first-order valence-corrected chi connectivity index (χ1v) is 10.3. The Balaban J connectivity index is 1.36. The molecule has 0 aromatic heterocycles. The normalized spacial score (nSPS) is 22.3. The summed E-state index contributed by atoms with van der Waals surface area (Å²) < 4.78 is 5.64. The molecule has 2 saturated heterocycles. The summed E-state index contributed by atoms with van der Waals surface area (Å²) in [6.07, 6.45) is 6.28. The van der Waals surface area contributed by atoms with Crippen molar-refractivity contribution in [3.8, 4) is 0 Å². The minimum absolute atomic E-state index is 0.176. The van der Waals surface area contributed by atoms with Crippen molar-refractivity contribution < 1.29 is 9.53 Å². The summed E-state index contributed by atoms with van der Waals surface area (Å²) in [6, 6.07) is 8.16. The number of piperidine rings is 1. The first-order chi connectivity index (χ1) is 12.6. The van der Waals surface area contributed by atoms with Gasteiger partial charge in [0.1, 0.15) is 6.10 Å². The molecule has 2 fully saturated rings. The van der Waals surface area contributed by atoms with Gasteiger partial charge in [0.25, 0.3) is 5.91 Å². The van der Waals surface area contributed by atoms with E-state index in [0.717, 1.165) is 63.5 Å². The van der Waals surface area contributed by atoms with Crippen LogP contribution in [0.4, 0.5) is 0 Å². The van der Waals surface area contributed by atoms with E-state index in [2.05, 4.69) is 17.0 Å². The Labute approximate surface area is 162 Å². The molecule has 1 amide bonds. The van der Waals surface area contributed by atoms with Crippen molar-refractivity contribution in [3.05, 3.63) is 34.9 Å². The summed E-state index contributed by atoms with van der Waals surface area (Å²) in [5.74, 6) is 0.786. The van der Waals surface area contributed by atoms with Crippen molar-refractivity contribution in [2.75, 3.05) is 39.8 Å². The molecule has 0 saturated carbocycles. The van der Waals surface area contributed by atoms with Gasteiger partial charge in [-0.2, -0.15) is 0 Å². The Morgan fingerprint density at radius 2 is 1.92 bits per heavy atom. The Bertz CT molecular complexity index is 564. The zero-order valence-corrected chi connectivity index (χ0v) is 16.6. The molecule has 0 radical (unpaired) electrons. The molecular formula is C21H31ClN2O2. The Kier molecular flexibility index (Phi) is 7.35. The van der Waals surface area contributed by atoms with E-state index in [1.807, 2.05) is 24.1 Å². The van der Waals surface area contributed by atoms with Gasteiger partial charge in [-0.3, -0.25) is 4.79 Å². The highest BCUT2D eigenvalue weighted by Crippen LogP contribution is 2.21. The molecule has 4 nitrogen and oxygen atoms in total. The van der Waals surface area contributed by atoms with Crippen LogP contribution < -0.4 is 0 Å². The summed E-state index contributed by atoms with van der Waals surface area (Å²) in [5, 5.41) is 0.798. The minimum atomic E-state index is -0.201. The van der Waals surface area contributed by atoms with E-state index in [-0.39, 0.29) is 12.0 Å². The number of ether oxygens (including phenoxy) is 1. The van der Waals surface area contributed by atoms with Crippen molar-refractivity contribution in [3.63, 3.8) is 0 Å². The Hall–Kier alpha value is -1.10. The van der Waals surface area contributed by atoms with Gasteiger partial charge in [0.15, 0.2) is 0 Å². The van der Waals surface area contributed by atoms with Crippen LogP contribution in [0, 0.1) is 5.92 Å². The summed E-state index contributed by atoms with van der Waals surface area (Å²) in [7, 11) is 1.94. The second kappa shape index (κ2) is 9.72. The van der Waals surface area contributed by atoms with Crippen LogP contribution in [0.2, 0.25) is 5.02 Å². The average molecular weight is 379 g/mol. The van der Waals surface area contributed by atoms with E-state index in [1.54, 1.807) is 0 Å². The number of nitrogens with zero attached hydrogens (tertiary/aromatic N) is 2. The van der Waals surface area contributed by atoms with E-state index in [9.17, 15) is 4.79 Å². The second-order valence-corrected chi connectivity index (χ2v) is 8.17. The minimum Gasteiger partial charge on any atom is -0.368 e. The molecule has 0 bridgehead atoms. The summed E-state index contributed by atoms with van der Waals surface area (Å²) in [4.78, 5) is 16.9. The summed E-state index contributed by atoms with van der Waals surface area (Å²) in [6.45, 7) is 4.94.